The van der Waals surface area contributed by atoms with Crippen LogP contribution in [0.2, 0.25) is 0 Å². The Morgan fingerprint density at radius 2 is 2.00 bits per heavy atom. The molecule has 2 N–H and O–H groups in total. The Bertz CT molecular complexity index is 958. The van der Waals surface area contributed by atoms with Crippen LogP contribution in [0.3, 0.4) is 0 Å². The lowest BCUT2D eigenvalue weighted by molar-refractivity contribution is -0.144. The molecule has 0 radical (unpaired) electrons. The highest BCUT2D eigenvalue weighted by atomic mass is 19.1. The predicted molar refractivity (Wildman–Crippen MR) is 111 cm³/mol. The first-order valence-electron chi connectivity index (χ1n) is 11.0. The first-order valence-corrected chi connectivity index (χ1v) is 11.0. The second kappa shape index (κ2) is 7.01. The molecule has 1 aromatic rings. The molecule has 7 nitrogen and oxygen atoms in total. The van der Waals surface area contributed by atoms with E-state index < -0.39 is 11.6 Å². The fourth-order valence-corrected chi connectivity index (χ4v) is 6.01. The molecule has 3 heterocycles. The average Bonchev–Trinajstić information content (AvgIpc) is 3.06. The minimum Gasteiger partial charge on any atom is -0.328 e. The van der Waals surface area contributed by atoms with Crippen LogP contribution < -0.4 is 5.73 Å². The molecule has 1 aromatic carbocycles. The van der Waals surface area contributed by atoms with E-state index in [9.17, 15) is 19.2 Å². The summed E-state index contributed by atoms with van der Waals surface area (Å²) < 4.78 is 13.4. The van der Waals surface area contributed by atoms with E-state index in [2.05, 4.69) is 6.07 Å². The van der Waals surface area contributed by atoms with Crippen LogP contribution >= 0.6 is 0 Å². The van der Waals surface area contributed by atoms with Gasteiger partial charge >= 0.3 is 0 Å². The molecule has 0 spiro atoms. The van der Waals surface area contributed by atoms with Crippen molar-refractivity contribution in [2.45, 2.75) is 68.9 Å². The van der Waals surface area contributed by atoms with Gasteiger partial charge in [0.05, 0.1) is 23.7 Å². The maximum atomic E-state index is 13.4. The van der Waals surface area contributed by atoms with E-state index in [0.717, 1.165) is 18.4 Å². The summed E-state index contributed by atoms with van der Waals surface area (Å²) in [7, 11) is 0. The molecule has 0 aromatic heterocycles. The van der Waals surface area contributed by atoms with Gasteiger partial charge in [0.1, 0.15) is 11.9 Å². The SMILES string of the molecule is CC(C)(c1ccc(F)cc1)N1C(=O)[C@@H]2CC1CN2CC(N)C(=O)N1C(C#N)C[C@@H]2C[C@@H]21. The van der Waals surface area contributed by atoms with Crippen molar-refractivity contribution in [1.82, 2.24) is 14.7 Å². The molecule has 2 bridgehead atoms. The number of benzene rings is 1. The molecular weight excluding hydrogens is 397 g/mol. The molecule has 1 aliphatic carbocycles. The Morgan fingerprint density at radius 3 is 2.65 bits per heavy atom. The van der Waals surface area contributed by atoms with Gasteiger partial charge in [-0.3, -0.25) is 14.5 Å². The Morgan fingerprint density at radius 1 is 1.29 bits per heavy atom. The largest absolute Gasteiger partial charge is 0.328 e. The average molecular weight is 426 g/mol. The molecule has 8 heteroatoms. The van der Waals surface area contributed by atoms with Crippen LogP contribution in [0, 0.1) is 23.1 Å². The molecular formula is C23H28FN5O2. The molecule has 2 amide bonds. The third kappa shape index (κ3) is 3.14. The molecule has 164 valence electrons. The van der Waals surface area contributed by atoms with E-state index >= 15 is 0 Å². The summed E-state index contributed by atoms with van der Waals surface area (Å²) in [6, 6.07) is 7.35. The fraction of sp³-hybridized carbons (Fsp3) is 0.609. The van der Waals surface area contributed by atoms with Crippen molar-refractivity contribution in [3.05, 3.63) is 35.6 Å². The Hall–Kier alpha value is -2.50. The van der Waals surface area contributed by atoms with Crippen LogP contribution in [-0.2, 0) is 15.1 Å². The van der Waals surface area contributed by atoms with E-state index in [1.165, 1.54) is 12.1 Å². The lowest BCUT2D eigenvalue weighted by atomic mass is 9.91. The third-order valence-corrected chi connectivity index (χ3v) is 7.68. The van der Waals surface area contributed by atoms with Gasteiger partial charge in [-0.1, -0.05) is 12.1 Å². The number of piperidine rings is 1. The number of carbonyl (C=O) groups excluding carboxylic acids is 2. The van der Waals surface area contributed by atoms with Gasteiger partial charge in [0, 0.05) is 25.2 Å². The second-order valence-electron chi connectivity index (χ2n) is 9.93. The van der Waals surface area contributed by atoms with Crippen LogP contribution in [0.1, 0.15) is 38.7 Å². The number of hydrogen-bond acceptors (Lipinski definition) is 5. The maximum Gasteiger partial charge on any atom is 0.242 e. The minimum atomic E-state index is -0.735. The number of likely N-dealkylation sites (tertiary alicyclic amines) is 3. The molecule has 31 heavy (non-hydrogen) atoms. The molecule has 4 aliphatic rings. The summed E-state index contributed by atoms with van der Waals surface area (Å²) >= 11 is 0. The number of nitrogens with zero attached hydrogens (tertiary/aromatic N) is 4. The lowest BCUT2D eigenvalue weighted by Crippen LogP contribution is -2.59. The number of rotatable bonds is 5. The molecule has 5 rings (SSSR count). The summed E-state index contributed by atoms with van der Waals surface area (Å²) in [5.74, 6) is 0.0130. The Balaban J connectivity index is 1.26. The summed E-state index contributed by atoms with van der Waals surface area (Å²) in [6.07, 6.45) is 2.43. The van der Waals surface area contributed by atoms with E-state index in [1.54, 1.807) is 17.0 Å². The van der Waals surface area contributed by atoms with Gasteiger partial charge in [-0.2, -0.15) is 5.26 Å². The van der Waals surface area contributed by atoms with Gasteiger partial charge in [0.2, 0.25) is 11.8 Å². The van der Waals surface area contributed by atoms with Crippen LogP contribution in [0.5, 0.6) is 0 Å². The van der Waals surface area contributed by atoms with Gasteiger partial charge in [0.25, 0.3) is 0 Å². The van der Waals surface area contributed by atoms with Gasteiger partial charge in [-0.25, -0.2) is 4.39 Å². The number of piperazine rings is 1. The normalized spacial score (nSPS) is 32.9. The highest BCUT2D eigenvalue weighted by molar-refractivity contribution is 5.87. The summed E-state index contributed by atoms with van der Waals surface area (Å²) in [5, 5.41) is 9.36. The molecule has 4 fully saturated rings. The Kier molecular flexibility index (Phi) is 4.61. The number of hydrogen-bond donors (Lipinski definition) is 1. The van der Waals surface area contributed by atoms with E-state index in [4.69, 9.17) is 5.73 Å². The lowest BCUT2D eigenvalue weighted by Gasteiger charge is -2.44. The maximum absolute atomic E-state index is 13.4. The van der Waals surface area contributed by atoms with Gasteiger partial charge < -0.3 is 15.5 Å². The van der Waals surface area contributed by atoms with Crippen molar-refractivity contribution in [2.24, 2.45) is 11.7 Å². The van der Waals surface area contributed by atoms with Crippen molar-refractivity contribution in [1.29, 1.82) is 5.26 Å². The van der Waals surface area contributed by atoms with Crippen molar-refractivity contribution >= 4 is 11.8 Å². The Labute approximate surface area is 181 Å². The molecule has 3 aliphatic heterocycles. The van der Waals surface area contributed by atoms with E-state index in [-0.39, 0.29) is 41.8 Å². The highest BCUT2D eigenvalue weighted by Crippen LogP contribution is 2.48. The zero-order valence-electron chi connectivity index (χ0n) is 17.9. The van der Waals surface area contributed by atoms with E-state index in [0.29, 0.717) is 25.4 Å². The molecule has 3 unspecified atom stereocenters. The monoisotopic (exact) mass is 425 g/mol. The van der Waals surface area contributed by atoms with E-state index in [1.807, 2.05) is 23.6 Å². The standard InChI is InChI=1S/C23H28FN5O2/c1-23(2,14-3-5-15(24)6-4-14)29-17-9-20(22(29)31)27(11-17)12-18(26)21(30)28-16(10-25)7-13-8-19(13)28/h3-6,13,16-20H,7-9,11-12,26H2,1-2H3/t13-,16?,17?,18?,19+,20+/m1/s1. The van der Waals surface area contributed by atoms with Gasteiger partial charge in [-0.05, 0) is 56.7 Å². The zero-order chi connectivity index (χ0) is 22.1. The van der Waals surface area contributed by atoms with Crippen molar-refractivity contribution in [2.75, 3.05) is 13.1 Å². The summed E-state index contributed by atoms with van der Waals surface area (Å²) in [6.45, 7) is 4.96. The predicted octanol–water partition coefficient (Wildman–Crippen LogP) is 1.19. The third-order valence-electron chi connectivity index (χ3n) is 7.68. The number of amides is 2. The van der Waals surface area contributed by atoms with Crippen molar-refractivity contribution in [3.63, 3.8) is 0 Å². The van der Waals surface area contributed by atoms with Crippen LogP contribution in [0.4, 0.5) is 4.39 Å². The van der Waals surface area contributed by atoms with Crippen LogP contribution in [-0.4, -0.2) is 69.8 Å². The number of carbonyl (C=O) groups is 2. The quantitative estimate of drug-likeness (QED) is 0.765. The summed E-state index contributed by atoms with van der Waals surface area (Å²) in [5.41, 5.74) is 6.62. The number of fused-ring (bicyclic) bond motifs is 3. The summed E-state index contributed by atoms with van der Waals surface area (Å²) in [4.78, 5) is 31.8. The van der Waals surface area contributed by atoms with Crippen LogP contribution in [0.15, 0.2) is 24.3 Å². The fourth-order valence-electron chi connectivity index (χ4n) is 6.01. The number of nitriles is 1. The zero-order valence-corrected chi connectivity index (χ0v) is 17.9. The number of halogens is 1. The minimum absolute atomic E-state index is 0.0311. The van der Waals surface area contributed by atoms with Crippen molar-refractivity contribution in [3.8, 4) is 6.07 Å². The molecule has 6 atom stereocenters. The topological polar surface area (TPSA) is 93.7 Å². The van der Waals surface area contributed by atoms with Gasteiger partial charge in [0.15, 0.2) is 0 Å². The molecule has 1 saturated carbocycles. The van der Waals surface area contributed by atoms with Crippen molar-refractivity contribution < 1.29 is 14.0 Å². The second-order valence-corrected chi connectivity index (χ2v) is 9.93. The highest BCUT2D eigenvalue weighted by Gasteiger charge is 2.57. The smallest absolute Gasteiger partial charge is 0.242 e. The van der Waals surface area contributed by atoms with Crippen LogP contribution in [0.25, 0.3) is 0 Å². The first kappa shape index (κ1) is 20.4. The van der Waals surface area contributed by atoms with Gasteiger partial charge in [-0.15, -0.1) is 0 Å². The first-order chi connectivity index (χ1) is 14.7. The molecule has 3 saturated heterocycles. The number of nitrogens with two attached hydrogens (primary N) is 1.